The standard InChI is InChI=1S/C4H9NO.Cl2S/c1-3-6-4-2-5-1;1-3-2/h5H,1-4H2;. The lowest BCUT2D eigenvalue weighted by Crippen LogP contribution is -2.30. The summed E-state index contributed by atoms with van der Waals surface area (Å²) < 4.78 is 5.01. The maximum Gasteiger partial charge on any atom is 0.0591 e. The molecule has 0 aromatic rings. The van der Waals surface area contributed by atoms with E-state index in [1.165, 1.54) is 0 Å². The van der Waals surface area contributed by atoms with Crippen molar-refractivity contribution < 1.29 is 4.74 Å². The second kappa shape index (κ2) is 8.85. The van der Waals surface area contributed by atoms with Crippen molar-refractivity contribution in [2.24, 2.45) is 0 Å². The molecular weight excluding hydrogens is 181 g/mol. The summed E-state index contributed by atoms with van der Waals surface area (Å²) in [4.78, 5) is 0. The van der Waals surface area contributed by atoms with E-state index < -0.39 is 0 Å². The highest BCUT2D eigenvalue weighted by atomic mass is 36.0. The van der Waals surface area contributed by atoms with Crippen LogP contribution in [0, 0.1) is 0 Å². The molecule has 0 spiro atoms. The SMILES string of the molecule is C1COCCN1.ClSCl. The van der Waals surface area contributed by atoms with Crippen molar-refractivity contribution in [1.82, 2.24) is 5.32 Å². The third kappa shape index (κ3) is 8.85. The van der Waals surface area contributed by atoms with Gasteiger partial charge in [-0.25, -0.2) is 0 Å². The van der Waals surface area contributed by atoms with Gasteiger partial charge in [0, 0.05) is 13.1 Å². The van der Waals surface area contributed by atoms with Crippen LogP contribution in [-0.2, 0) is 4.74 Å². The van der Waals surface area contributed by atoms with Crippen LogP contribution in [0.15, 0.2) is 0 Å². The van der Waals surface area contributed by atoms with Gasteiger partial charge in [-0.2, -0.15) is 0 Å². The molecule has 0 amide bonds. The molecule has 0 radical (unpaired) electrons. The first kappa shape index (κ1) is 9.85. The number of nitrogens with one attached hydrogen (secondary N) is 1. The predicted molar refractivity (Wildman–Crippen MR) is 43.0 cm³/mol. The molecule has 1 fully saturated rings. The molecule has 56 valence electrons. The van der Waals surface area contributed by atoms with E-state index in [4.69, 9.17) is 4.74 Å². The summed E-state index contributed by atoms with van der Waals surface area (Å²) in [6, 6.07) is 0. The van der Waals surface area contributed by atoms with Crippen LogP contribution in [0.25, 0.3) is 0 Å². The van der Waals surface area contributed by atoms with Gasteiger partial charge >= 0.3 is 0 Å². The van der Waals surface area contributed by atoms with Gasteiger partial charge in [-0.3, -0.25) is 0 Å². The van der Waals surface area contributed by atoms with E-state index in [0.29, 0.717) is 10.2 Å². The largest absolute Gasteiger partial charge is 0.379 e. The van der Waals surface area contributed by atoms with Crippen LogP contribution in [0.2, 0.25) is 0 Å². The van der Waals surface area contributed by atoms with E-state index in [-0.39, 0.29) is 0 Å². The van der Waals surface area contributed by atoms with Gasteiger partial charge in [-0.05, 0) is 21.4 Å². The molecule has 0 aliphatic carbocycles. The van der Waals surface area contributed by atoms with Crippen LogP contribution < -0.4 is 5.32 Å². The lowest BCUT2D eigenvalue weighted by atomic mass is 10.5. The first-order valence-electron chi connectivity index (χ1n) is 2.59. The van der Waals surface area contributed by atoms with E-state index in [9.17, 15) is 0 Å². The lowest BCUT2D eigenvalue weighted by molar-refractivity contribution is 0.109. The predicted octanol–water partition coefficient (Wildman–Crippen LogP) is 1.63. The second-order valence-corrected chi connectivity index (χ2v) is 2.94. The highest BCUT2D eigenvalue weighted by Crippen LogP contribution is 2.08. The van der Waals surface area contributed by atoms with E-state index in [1.54, 1.807) is 0 Å². The molecule has 1 N–H and O–H groups in total. The van der Waals surface area contributed by atoms with Crippen LogP contribution in [0.4, 0.5) is 0 Å². The van der Waals surface area contributed by atoms with Gasteiger partial charge in [0.25, 0.3) is 0 Å². The van der Waals surface area contributed by atoms with Crippen molar-refractivity contribution >= 4 is 31.6 Å². The molecule has 0 aromatic carbocycles. The molecule has 5 heteroatoms. The summed E-state index contributed by atoms with van der Waals surface area (Å²) >= 11 is 0. The fourth-order valence-electron chi connectivity index (χ4n) is 0.516. The van der Waals surface area contributed by atoms with Crippen molar-refractivity contribution in [3.05, 3.63) is 0 Å². The monoisotopic (exact) mass is 189 g/mol. The molecule has 0 unspecified atom stereocenters. The maximum absolute atomic E-state index is 5.01. The van der Waals surface area contributed by atoms with E-state index in [2.05, 4.69) is 26.7 Å². The molecule has 1 aliphatic rings. The topological polar surface area (TPSA) is 21.3 Å². The van der Waals surface area contributed by atoms with Gasteiger partial charge in [0.15, 0.2) is 0 Å². The van der Waals surface area contributed by atoms with Gasteiger partial charge in [0.05, 0.1) is 23.4 Å². The Hall–Kier alpha value is 0.850. The number of hydrogen-bond acceptors (Lipinski definition) is 3. The van der Waals surface area contributed by atoms with Crippen molar-refractivity contribution in [3.63, 3.8) is 0 Å². The molecule has 1 saturated heterocycles. The fourth-order valence-corrected chi connectivity index (χ4v) is 0.516. The Labute approximate surface area is 68.2 Å². The van der Waals surface area contributed by atoms with Crippen LogP contribution in [0.5, 0.6) is 0 Å². The van der Waals surface area contributed by atoms with Crippen LogP contribution in [-0.4, -0.2) is 26.3 Å². The summed E-state index contributed by atoms with van der Waals surface area (Å²) in [5, 5.41) is 3.16. The normalized spacial score (nSPS) is 18.0. The Morgan fingerprint density at radius 1 is 1.22 bits per heavy atom. The third-order valence-electron chi connectivity index (χ3n) is 0.846. The van der Waals surface area contributed by atoms with Gasteiger partial charge in [-0.15, -0.1) is 0 Å². The van der Waals surface area contributed by atoms with E-state index in [1.807, 2.05) is 0 Å². The molecule has 1 rings (SSSR count). The van der Waals surface area contributed by atoms with Crippen molar-refractivity contribution in [2.45, 2.75) is 0 Å². The highest BCUT2D eigenvalue weighted by molar-refractivity contribution is 8.38. The summed E-state index contributed by atoms with van der Waals surface area (Å²) in [6.07, 6.45) is 0. The van der Waals surface area contributed by atoms with Crippen molar-refractivity contribution in [3.8, 4) is 0 Å². The zero-order chi connectivity index (χ0) is 6.95. The number of hydrogen-bond donors (Lipinski definition) is 1. The zero-order valence-corrected chi connectivity index (χ0v) is 7.23. The molecule has 0 atom stereocenters. The third-order valence-corrected chi connectivity index (χ3v) is 0.846. The van der Waals surface area contributed by atoms with Crippen LogP contribution >= 0.6 is 31.6 Å². The molecule has 0 aromatic heterocycles. The number of ether oxygens (including phenoxy) is 1. The Morgan fingerprint density at radius 3 is 1.78 bits per heavy atom. The van der Waals surface area contributed by atoms with Crippen LogP contribution in [0.3, 0.4) is 0 Å². The minimum absolute atomic E-state index is 0.694. The molecule has 0 saturated carbocycles. The summed E-state index contributed by atoms with van der Waals surface area (Å²) in [5.41, 5.74) is 0. The average Bonchev–Trinajstić information content (AvgIpc) is 1.93. The summed E-state index contributed by atoms with van der Waals surface area (Å²) in [5.74, 6) is 0. The second-order valence-electron chi connectivity index (χ2n) is 1.42. The first-order chi connectivity index (χ1) is 4.41. The molecule has 0 bridgehead atoms. The molecule has 9 heavy (non-hydrogen) atoms. The molecular formula is C4H9Cl2NOS. The fraction of sp³-hybridized carbons (Fsp3) is 1.00. The first-order valence-corrected chi connectivity index (χ1v) is 5.06. The van der Waals surface area contributed by atoms with Gasteiger partial charge < -0.3 is 10.1 Å². The lowest BCUT2D eigenvalue weighted by Gasteiger charge is -2.10. The summed E-state index contributed by atoms with van der Waals surface area (Å²) in [7, 11) is 10.1. The van der Waals surface area contributed by atoms with Gasteiger partial charge in [-0.1, -0.05) is 0 Å². The van der Waals surface area contributed by atoms with E-state index in [0.717, 1.165) is 26.3 Å². The van der Waals surface area contributed by atoms with Crippen LogP contribution in [0.1, 0.15) is 0 Å². The Balaban J connectivity index is 0.000000187. The quantitative estimate of drug-likeness (QED) is 0.627. The molecule has 1 heterocycles. The van der Waals surface area contributed by atoms with Gasteiger partial charge in [0.1, 0.15) is 0 Å². The number of rotatable bonds is 0. The molecule has 1 aliphatic heterocycles. The van der Waals surface area contributed by atoms with Crippen molar-refractivity contribution in [1.29, 1.82) is 0 Å². The van der Waals surface area contributed by atoms with Crippen molar-refractivity contribution in [2.75, 3.05) is 26.3 Å². The molecule has 2 nitrogen and oxygen atoms in total. The minimum Gasteiger partial charge on any atom is -0.379 e. The Morgan fingerprint density at radius 2 is 1.67 bits per heavy atom. The Kier molecular flexibility index (Phi) is 9.69. The number of halogens is 2. The maximum atomic E-state index is 5.01. The van der Waals surface area contributed by atoms with Gasteiger partial charge in [0.2, 0.25) is 0 Å². The minimum atomic E-state index is 0.694. The Bertz CT molecular complexity index is 42.3. The smallest absolute Gasteiger partial charge is 0.0591 e. The number of morpholine rings is 1. The summed E-state index contributed by atoms with van der Waals surface area (Å²) in [6.45, 7) is 3.83. The average molecular weight is 190 g/mol. The zero-order valence-electron chi connectivity index (χ0n) is 4.90. The van der Waals surface area contributed by atoms with E-state index >= 15 is 0 Å². The highest BCUT2D eigenvalue weighted by Gasteiger charge is 1.92.